The van der Waals surface area contributed by atoms with Gasteiger partial charge in [0.1, 0.15) is 5.56 Å². The van der Waals surface area contributed by atoms with Gasteiger partial charge in [0.2, 0.25) is 5.82 Å². The molecule has 0 bridgehead atoms. The van der Waals surface area contributed by atoms with Crippen LogP contribution >= 0.6 is 23.1 Å². The topological polar surface area (TPSA) is 80.7 Å². The maximum absolute atomic E-state index is 14.2. The van der Waals surface area contributed by atoms with Crippen molar-refractivity contribution in [1.82, 2.24) is 10.3 Å². The van der Waals surface area contributed by atoms with Crippen molar-refractivity contribution in [3.63, 3.8) is 0 Å². The number of benzene rings is 5. The molecule has 6 nitrogen and oxygen atoms in total. The predicted octanol–water partition coefficient (Wildman–Crippen LogP) is 9.42. The second-order valence-electron chi connectivity index (χ2n) is 12.0. The van der Waals surface area contributed by atoms with E-state index in [2.05, 4.69) is 5.32 Å². The summed E-state index contributed by atoms with van der Waals surface area (Å²) < 4.78 is 84.4. The van der Waals surface area contributed by atoms with Gasteiger partial charge in [-0.25, -0.2) is 26.9 Å². The molecule has 5 aromatic carbocycles. The second kappa shape index (κ2) is 15.5. The Morgan fingerprint density at radius 3 is 2.17 bits per heavy atom. The molecule has 2 N–H and O–H groups in total. The monoisotopic (exact) mass is 748 g/mol. The summed E-state index contributed by atoms with van der Waals surface area (Å²) in [7, 11) is 0. The van der Waals surface area contributed by atoms with Gasteiger partial charge >= 0.3 is 0 Å². The number of aromatic nitrogens is 1. The Morgan fingerprint density at radius 1 is 0.808 bits per heavy atom. The van der Waals surface area contributed by atoms with Crippen LogP contribution < -0.4 is 5.32 Å². The number of thiazole rings is 1. The summed E-state index contributed by atoms with van der Waals surface area (Å²) in [5.74, 6) is -11.9. The maximum Gasteiger partial charge on any atom is 0.257 e. The zero-order chi connectivity index (χ0) is 36.4. The van der Waals surface area contributed by atoms with Crippen molar-refractivity contribution in [3.8, 4) is 11.1 Å². The number of fused-ring (bicyclic) bond motifs is 1. The number of aliphatic hydroxyl groups is 1. The Kier molecular flexibility index (Phi) is 10.7. The van der Waals surface area contributed by atoms with Gasteiger partial charge in [-0.2, -0.15) is 0 Å². The summed E-state index contributed by atoms with van der Waals surface area (Å²) in [5.41, 5.74) is 3.85. The number of halogens is 5. The lowest BCUT2D eigenvalue weighted by Gasteiger charge is -2.36. The van der Waals surface area contributed by atoms with Crippen LogP contribution in [0, 0.1) is 29.1 Å². The fraction of sp³-hybridized carbons (Fsp3) is 0.179. The van der Waals surface area contributed by atoms with Gasteiger partial charge in [0, 0.05) is 24.3 Å². The first-order valence-corrected chi connectivity index (χ1v) is 18.0. The van der Waals surface area contributed by atoms with Crippen molar-refractivity contribution in [2.75, 3.05) is 5.75 Å². The highest BCUT2D eigenvalue weighted by Crippen LogP contribution is 2.41. The van der Waals surface area contributed by atoms with Gasteiger partial charge in [-0.15, -0.1) is 11.3 Å². The summed E-state index contributed by atoms with van der Waals surface area (Å²) >= 11 is 3.26. The molecule has 1 saturated heterocycles. The van der Waals surface area contributed by atoms with Crippen LogP contribution in [0.5, 0.6) is 0 Å². The van der Waals surface area contributed by atoms with Crippen LogP contribution in [0.15, 0.2) is 101 Å². The third-order valence-corrected chi connectivity index (χ3v) is 11.0. The van der Waals surface area contributed by atoms with Crippen LogP contribution in [-0.2, 0) is 22.6 Å². The summed E-state index contributed by atoms with van der Waals surface area (Å²) in [6.07, 6.45) is -0.564. The molecule has 0 aliphatic carbocycles. The molecule has 7 rings (SSSR count). The van der Waals surface area contributed by atoms with Crippen molar-refractivity contribution >= 4 is 39.2 Å². The van der Waals surface area contributed by atoms with Crippen LogP contribution in [0.2, 0.25) is 0 Å². The summed E-state index contributed by atoms with van der Waals surface area (Å²) in [6, 6.07) is 29.9. The third kappa shape index (κ3) is 7.46. The largest absolute Gasteiger partial charge is 0.392 e. The first-order chi connectivity index (χ1) is 25.2. The van der Waals surface area contributed by atoms with Crippen molar-refractivity contribution < 1.29 is 41.3 Å². The van der Waals surface area contributed by atoms with Crippen molar-refractivity contribution in [3.05, 3.63) is 154 Å². The SMILES string of the molecule is O=C(NCc1ccccc1-c1ccc([C@H]2O[C@@H](CSc3nc4ccccc4s3)C[C@@H](c3ccc(CO)cc3)O2)cc1)c1c(F)c(F)c(F)c(F)c1F. The molecule has 3 atom stereocenters. The van der Waals surface area contributed by atoms with Gasteiger partial charge in [-0.1, -0.05) is 96.7 Å². The van der Waals surface area contributed by atoms with E-state index in [1.165, 1.54) is 0 Å². The van der Waals surface area contributed by atoms with E-state index in [0.717, 1.165) is 36.8 Å². The number of hydrogen-bond donors (Lipinski definition) is 2. The normalized spacial score (nSPS) is 17.4. The summed E-state index contributed by atoms with van der Waals surface area (Å²) in [6.45, 7) is -0.317. The molecule has 1 aromatic heterocycles. The molecule has 1 amide bonds. The van der Waals surface area contributed by atoms with Crippen LogP contribution in [0.25, 0.3) is 21.3 Å². The molecule has 13 heteroatoms. The van der Waals surface area contributed by atoms with E-state index in [-0.39, 0.29) is 25.4 Å². The fourth-order valence-corrected chi connectivity index (χ4v) is 8.06. The van der Waals surface area contributed by atoms with Gasteiger partial charge < -0.3 is 19.9 Å². The van der Waals surface area contributed by atoms with Crippen LogP contribution in [0.1, 0.15) is 51.4 Å². The zero-order valence-corrected chi connectivity index (χ0v) is 28.8. The molecule has 1 aliphatic heterocycles. The van der Waals surface area contributed by atoms with Gasteiger partial charge in [0.15, 0.2) is 33.9 Å². The van der Waals surface area contributed by atoms with Gasteiger partial charge in [0.25, 0.3) is 5.91 Å². The molecule has 2 heterocycles. The van der Waals surface area contributed by atoms with E-state index in [1.54, 1.807) is 47.4 Å². The molecule has 0 unspecified atom stereocenters. The first kappa shape index (κ1) is 35.7. The predicted molar refractivity (Wildman–Crippen MR) is 188 cm³/mol. The molecule has 1 aliphatic rings. The number of hydrogen-bond acceptors (Lipinski definition) is 7. The number of ether oxygens (including phenoxy) is 2. The van der Waals surface area contributed by atoms with E-state index in [0.29, 0.717) is 23.3 Å². The Balaban J connectivity index is 1.09. The molecule has 266 valence electrons. The summed E-state index contributed by atoms with van der Waals surface area (Å²) in [5, 5.41) is 11.8. The van der Waals surface area contributed by atoms with Gasteiger partial charge in [-0.05, 0) is 39.9 Å². The Bertz CT molecular complexity index is 2170. The van der Waals surface area contributed by atoms with Crippen LogP contribution in [-0.4, -0.2) is 27.9 Å². The number of rotatable bonds is 10. The minimum absolute atomic E-state index is 0.0634. The highest BCUT2D eigenvalue weighted by atomic mass is 32.2. The second-order valence-corrected chi connectivity index (χ2v) is 14.3. The van der Waals surface area contributed by atoms with E-state index >= 15 is 0 Å². The number of nitrogens with zero attached hydrogens (tertiary/aromatic N) is 1. The lowest BCUT2D eigenvalue weighted by atomic mass is 9.97. The molecule has 52 heavy (non-hydrogen) atoms. The standard InChI is InChI=1S/C39H29F5N2O4S2/c40-32-31(33(41)35(43)36(44)34(32)42)37(48)45-18-25-5-1-2-6-27(25)22-13-15-24(16-14-22)38-49-26(17-29(50-38)23-11-9-21(19-47)10-12-23)20-51-39-46-28-7-3-4-8-30(28)52-39/h1-16,26,29,38,47H,17-20H2,(H,45,48)/t26-,29+,38+/m1/s1. The number of nitrogens with one attached hydrogen (secondary N) is 1. The lowest BCUT2D eigenvalue weighted by Crippen LogP contribution is -2.31. The lowest BCUT2D eigenvalue weighted by molar-refractivity contribution is -0.245. The number of carbonyl (C=O) groups excluding carboxylic acids is 1. The highest BCUT2D eigenvalue weighted by molar-refractivity contribution is 8.01. The average molecular weight is 749 g/mol. The van der Waals surface area contributed by atoms with Crippen molar-refractivity contribution in [2.24, 2.45) is 0 Å². The van der Waals surface area contributed by atoms with E-state index in [4.69, 9.17) is 14.5 Å². The molecule has 6 aromatic rings. The molecule has 0 spiro atoms. The number of thioether (sulfide) groups is 1. The smallest absolute Gasteiger partial charge is 0.257 e. The van der Waals surface area contributed by atoms with Gasteiger partial charge in [0.05, 0.1) is 29.0 Å². The Hall–Kier alpha value is -4.66. The minimum atomic E-state index is -2.34. The highest BCUT2D eigenvalue weighted by Gasteiger charge is 2.33. The van der Waals surface area contributed by atoms with E-state index in [9.17, 15) is 31.9 Å². The molecule has 0 saturated carbocycles. The Morgan fingerprint density at radius 2 is 1.46 bits per heavy atom. The molecular weight excluding hydrogens is 720 g/mol. The number of carbonyl (C=O) groups is 1. The van der Waals surface area contributed by atoms with Crippen LogP contribution in [0.3, 0.4) is 0 Å². The molecule has 0 radical (unpaired) electrons. The van der Waals surface area contributed by atoms with Crippen molar-refractivity contribution in [1.29, 1.82) is 0 Å². The quantitative estimate of drug-likeness (QED) is 0.0629. The number of amides is 1. The molecular formula is C39H29F5N2O4S2. The fourth-order valence-electron chi connectivity index (χ4n) is 5.94. The molecule has 1 fully saturated rings. The third-order valence-electron chi connectivity index (χ3n) is 8.67. The maximum atomic E-state index is 14.2. The first-order valence-electron chi connectivity index (χ1n) is 16.2. The van der Waals surface area contributed by atoms with E-state index < -0.39 is 46.8 Å². The number of aliphatic hydroxyl groups excluding tert-OH is 1. The van der Waals surface area contributed by atoms with E-state index in [1.807, 2.05) is 72.8 Å². The van der Waals surface area contributed by atoms with Crippen LogP contribution in [0.4, 0.5) is 22.0 Å². The zero-order valence-electron chi connectivity index (χ0n) is 27.1. The van der Waals surface area contributed by atoms with Crippen molar-refractivity contribution in [2.45, 2.75) is 42.4 Å². The average Bonchev–Trinajstić information content (AvgIpc) is 3.61. The number of para-hydroxylation sites is 1. The Labute approximate surface area is 303 Å². The minimum Gasteiger partial charge on any atom is -0.392 e. The van der Waals surface area contributed by atoms with Gasteiger partial charge in [-0.3, -0.25) is 4.79 Å². The summed E-state index contributed by atoms with van der Waals surface area (Å²) in [4.78, 5) is 17.4.